The third kappa shape index (κ3) is 2.81. The molecule has 24 heavy (non-hydrogen) atoms. The number of rotatable bonds is 5. The van der Waals surface area contributed by atoms with Gasteiger partial charge in [-0.1, -0.05) is 0 Å². The van der Waals surface area contributed by atoms with E-state index >= 15 is 0 Å². The molecule has 1 aromatic carbocycles. The van der Waals surface area contributed by atoms with Crippen molar-refractivity contribution in [2.24, 2.45) is 0 Å². The van der Waals surface area contributed by atoms with Crippen LogP contribution in [0.1, 0.15) is 21.6 Å². The Bertz CT molecular complexity index is 854. The predicted molar refractivity (Wildman–Crippen MR) is 92.8 cm³/mol. The van der Waals surface area contributed by atoms with Crippen LogP contribution in [0, 0.1) is 6.92 Å². The van der Waals surface area contributed by atoms with Gasteiger partial charge in [-0.2, -0.15) is 0 Å². The van der Waals surface area contributed by atoms with Crippen LogP contribution in [-0.4, -0.2) is 28.2 Å². The number of thiophene rings is 1. The van der Waals surface area contributed by atoms with Gasteiger partial charge in [0.2, 0.25) is 10.0 Å². The van der Waals surface area contributed by atoms with E-state index in [2.05, 4.69) is 10.8 Å². The fraction of sp³-hybridized carbons (Fsp3) is 0.412. The molecular formula is C17H19NO4S2. The summed E-state index contributed by atoms with van der Waals surface area (Å²) in [5.74, 6) is 1.87. The lowest BCUT2D eigenvalue weighted by Crippen LogP contribution is -2.25. The topological polar surface area (TPSA) is 64.6 Å². The second kappa shape index (κ2) is 6.06. The Hall–Kier alpha value is -1.57. The van der Waals surface area contributed by atoms with Gasteiger partial charge < -0.3 is 9.47 Å². The Morgan fingerprint density at radius 1 is 1.21 bits per heavy atom. The summed E-state index contributed by atoms with van der Waals surface area (Å²) in [5.41, 5.74) is 3.44. The fourth-order valence-corrected chi connectivity index (χ4v) is 5.65. The summed E-state index contributed by atoms with van der Waals surface area (Å²) in [5, 5.41) is 0. The maximum atomic E-state index is 12.3. The van der Waals surface area contributed by atoms with Crippen LogP contribution in [0.3, 0.4) is 0 Å². The van der Waals surface area contributed by atoms with Crippen LogP contribution in [0.15, 0.2) is 22.4 Å². The van der Waals surface area contributed by atoms with Gasteiger partial charge in [0, 0.05) is 41.0 Å². The first-order chi connectivity index (χ1) is 11.5. The molecular weight excluding hydrogens is 346 g/mol. The van der Waals surface area contributed by atoms with E-state index in [-0.39, 0.29) is 0 Å². The second-order valence-corrected chi connectivity index (χ2v) is 9.31. The van der Waals surface area contributed by atoms with Crippen LogP contribution in [0.25, 0.3) is 0 Å². The van der Waals surface area contributed by atoms with Gasteiger partial charge in [0.15, 0.2) is 0 Å². The van der Waals surface area contributed by atoms with Gasteiger partial charge in [0.1, 0.15) is 15.7 Å². The third-order valence-corrected chi connectivity index (χ3v) is 7.36. The average Bonchev–Trinajstić information content (AvgIpc) is 3.25. The molecule has 0 unspecified atom stereocenters. The molecule has 0 amide bonds. The molecule has 0 spiro atoms. The zero-order valence-electron chi connectivity index (χ0n) is 13.4. The molecule has 2 aliphatic rings. The Morgan fingerprint density at radius 2 is 2.04 bits per heavy atom. The van der Waals surface area contributed by atoms with Crippen LogP contribution < -0.4 is 14.2 Å². The van der Waals surface area contributed by atoms with Gasteiger partial charge >= 0.3 is 0 Å². The van der Waals surface area contributed by atoms with Crippen molar-refractivity contribution in [2.75, 3.05) is 19.8 Å². The number of benzene rings is 1. The van der Waals surface area contributed by atoms with Crippen molar-refractivity contribution in [3.63, 3.8) is 0 Å². The molecule has 7 heteroatoms. The molecule has 0 radical (unpaired) electrons. The summed E-state index contributed by atoms with van der Waals surface area (Å²) in [4.78, 5) is 0.986. The van der Waals surface area contributed by atoms with Crippen LogP contribution >= 0.6 is 11.3 Å². The summed E-state index contributed by atoms with van der Waals surface area (Å²) in [6.45, 7) is 3.62. The Morgan fingerprint density at radius 3 is 2.83 bits per heavy atom. The van der Waals surface area contributed by atoms with Gasteiger partial charge in [-0.25, -0.2) is 13.1 Å². The van der Waals surface area contributed by atoms with E-state index in [1.54, 1.807) is 6.07 Å². The van der Waals surface area contributed by atoms with Crippen LogP contribution in [0.5, 0.6) is 11.5 Å². The number of hydrogen-bond donors (Lipinski definition) is 1. The molecule has 0 saturated heterocycles. The minimum atomic E-state index is -3.44. The number of ether oxygens (including phenoxy) is 2. The highest BCUT2D eigenvalue weighted by atomic mass is 32.2. The van der Waals surface area contributed by atoms with Gasteiger partial charge in [0.25, 0.3) is 0 Å². The Kier molecular flexibility index (Phi) is 4.02. The van der Waals surface area contributed by atoms with Crippen molar-refractivity contribution >= 4 is 21.4 Å². The second-order valence-electron chi connectivity index (χ2n) is 6.03. The molecule has 3 heterocycles. The molecule has 0 atom stereocenters. The number of sulfonamides is 1. The number of nitrogens with one attached hydrogen (secondary N) is 1. The summed E-state index contributed by atoms with van der Waals surface area (Å²) in [6, 6.07) is 5.55. The smallest absolute Gasteiger partial charge is 0.250 e. The highest BCUT2D eigenvalue weighted by molar-refractivity contribution is 7.91. The lowest BCUT2D eigenvalue weighted by Gasteiger charge is -2.13. The Labute approximate surface area is 145 Å². The standard InChI is InChI=1S/C17H19NO4S2/c1-11-2-3-16(23-11)24(19,20)18-7-4-14-13-6-9-21-15(13)10-12-5-8-22-17(12)14/h2-3,10,18H,4-9H2,1H3. The van der Waals surface area contributed by atoms with E-state index in [1.807, 2.05) is 13.0 Å². The third-order valence-electron chi connectivity index (χ3n) is 4.41. The first kappa shape index (κ1) is 15.9. The van der Waals surface area contributed by atoms with E-state index in [1.165, 1.54) is 22.5 Å². The van der Waals surface area contributed by atoms with Crippen molar-refractivity contribution < 1.29 is 17.9 Å². The highest BCUT2D eigenvalue weighted by Gasteiger charge is 2.26. The van der Waals surface area contributed by atoms with Crippen molar-refractivity contribution in [2.45, 2.75) is 30.4 Å². The largest absolute Gasteiger partial charge is 0.493 e. The van der Waals surface area contributed by atoms with Gasteiger partial charge in [-0.15, -0.1) is 11.3 Å². The fourth-order valence-electron chi connectivity index (χ4n) is 3.29. The van der Waals surface area contributed by atoms with Gasteiger partial charge in [-0.05, 0) is 31.5 Å². The summed E-state index contributed by atoms with van der Waals surface area (Å²) in [7, 11) is -3.44. The lowest BCUT2D eigenvalue weighted by atomic mass is 9.97. The molecule has 2 aliphatic heterocycles. The molecule has 1 N–H and O–H groups in total. The van der Waals surface area contributed by atoms with E-state index in [0.717, 1.165) is 34.8 Å². The van der Waals surface area contributed by atoms with Crippen molar-refractivity contribution in [3.8, 4) is 11.5 Å². The zero-order chi connectivity index (χ0) is 16.7. The highest BCUT2D eigenvalue weighted by Crippen LogP contribution is 2.40. The molecule has 0 fully saturated rings. The first-order valence-electron chi connectivity index (χ1n) is 8.04. The van der Waals surface area contributed by atoms with Crippen LogP contribution in [0.2, 0.25) is 0 Å². The summed E-state index contributed by atoms with van der Waals surface area (Å²) >= 11 is 1.29. The molecule has 0 aliphatic carbocycles. The SMILES string of the molecule is Cc1ccc(S(=O)(=O)NCCc2c3c(cc4c2OCC4)OCC3)s1. The quantitative estimate of drug-likeness (QED) is 0.884. The van der Waals surface area contributed by atoms with Gasteiger partial charge in [0.05, 0.1) is 13.2 Å². The van der Waals surface area contributed by atoms with E-state index < -0.39 is 10.0 Å². The minimum Gasteiger partial charge on any atom is -0.493 e. The number of fused-ring (bicyclic) bond motifs is 2. The van der Waals surface area contributed by atoms with Gasteiger partial charge in [-0.3, -0.25) is 0 Å². The maximum absolute atomic E-state index is 12.3. The minimum absolute atomic E-state index is 0.353. The Balaban J connectivity index is 1.53. The molecule has 4 rings (SSSR count). The molecule has 128 valence electrons. The number of hydrogen-bond acceptors (Lipinski definition) is 5. The van der Waals surface area contributed by atoms with Crippen LogP contribution in [0.4, 0.5) is 0 Å². The summed E-state index contributed by atoms with van der Waals surface area (Å²) in [6.07, 6.45) is 2.36. The van der Waals surface area contributed by atoms with E-state index in [9.17, 15) is 8.42 Å². The lowest BCUT2D eigenvalue weighted by molar-refractivity contribution is 0.353. The van der Waals surface area contributed by atoms with Crippen molar-refractivity contribution in [3.05, 3.63) is 39.8 Å². The average molecular weight is 365 g/mol. The molecule has 0 bridgehead atoms. The molecule has 1 aromatic heterocycles. The maximum Gasteiger partial charge on any atom is 0.250 e. The number of aryl methyl sites for hydroxylation is 1. The van der Waals surface area contributed by atoms with Crippen molar-refractivity contribution in [1.29, 1.82) is 0 Å². The van der Waals surface area contributed by atoms with E-state index in [0.29, 0.717) is 30.4 Å². The monoisotopic (exact) mass is 365 g/mol. The normalized spacial score (nSPS) is 15.7. The van der Waals surface area contributed by atoms with E-state index in [4.69, 9.17) is 9.47 Å². The van der Waals surface area contributed by atoms with Crippen molar-refractivity contribution in [1.82, 2.24) is 4.72 Å². The summed E-state index contributed by atoms with van der Waals surface area (Å²) < 4.78 is 39.2. The predicted octanol–water partition coefficient (Wildman–Crippen LogP) is 2.45. The first-order valence-corrected chi connectivity index (χ1v) is 10.3. The molecule has 5 nitrogen and oxygen atoms in total. The van der Waals surface area contributed by atoms with Crippen LogP contribution in [-0.2, 0) is 29.3 Å². The molecule has 2 aromatic rings. The molecule has 0 saturated carbocycles. The zero-order valence-corrected chi connectivity index (χ0v) is 15.1.